The van der Waals surface area contributed by atoms with E-state index >= 15 is 0 Å². The first-order chi connectivity index (χ1) is 13.0. The van der Waals surface area contributed by atoms with E-state index in [1.165, 1.54) is 12.1 Å². The molecule has 2 unspecified atom stereocenters. The lowest BCUT2D eigenvalue weighted by Gasteiger charge is -2.47. The Morgan fingerprint density at radius 2 is 1.63 bits per heavy atom. The van der Waals surface area contributed by atoms with Crippen LogP contribution < -0.4 is 16.4 Å². The summed E-state index contributed by atoms with van der Waals surface area (Å²) in [5.74, 6) is -0.279. The maximum absolute atomic E-state index is 14.1. The van der Waals surface area contributed by atoms with Crippen molar-refractivity contribution in [2.45, 2.75) is 25.9 Å². The molecule has 0 fully saturated rings. The second-order valence-corrected chi connectivity index (χ2v) is 6.93. The minimum absolute atomic E-state index is 0.279. The molecule has 1 aliphatic heterocycles. The summed E-state index contributed by atoms with van der Waals surface area (Å²) in [7, 11) is 0. The average molecular weight is 362 g/mol. The largest absolute Gasteiger partial charge is 0.312 e. The van der Waals surface area contributed by atoms with Gasteiger partial charge in [0.15, 0.2) is 0 Å². The molecule has 4 rings (SSSR count). The maximum Gasteiger partial charge on any atom is 0.141 e. The van der Waals surface area contributed by atoms with Crippen LogP contribution in [0.15, 0.2) is 72.8 Å². The predicted octanol–water partition coefficient (Wildman–Crippen LogP) is 3.99. The fraction of sp³-hybridized carbons (Fsp3) is 0.182. The molecule has 0 amide bonds. The van der Waals surface area contributed by atoms with Crippen molar-refractivity contribution in [1.29, 1.82) is 0 Å². The number of aryl methyl sites for hydroxylation is 1. The standard InChI is InChI=1S/C22H23FN4/c1-15-11-17(23)13-18(12-15)27-20-10-6-5-9-19(20)21(24)26(22(27)25)14-16-7-3-2-4-8-16/h2-13,21-22H,14,24-25H2,1H3. The molecular weight excluding hydrogens is 339 g/mol. The number of nitrogens with zero attached hydrogens (tertiary/aromatic N) is 2. The summed E-state index contributed by atoms with van der Waals surface area (Å²) in [5.41, 5.74) is 17.8. The summed E-state index contributed by atoms with van der Waals surface area (Å²) in [6.45, 7) is 2.48. The molecule has 3 aromatic rings. The number of hydrogen-bond acceptors (Lipinski definition) is 4. The molecule has 4 nitrogen and oxygen atoms in total. The van der Waals surface area contributed by atoms with Crippen LogP contribution in [0.3, 0.4) is 0 Å². The molecule has 1 aliphatic rings. The van der Waals surface area contributed by atoms with E-state index in [0.29, 0.717) is 6.54 Å². The highest BCUT2D eigenvalue weighted by Crippen LogP contribution is 2.40. The van der Waals surface area contributed by atoms with E-state index < -0.39 is 6.29 Å². The fourth-order valence-corrected chi connectivity index (χ4v) is 3.73. The second-order valence-electron chi connectivity index (χ2n) is 6.93. The lowest BCUT2D eigenvalue weighted by atomic mass is 10.0. The molecule has 0 spiro atoms. The van der Waals surface area contributed by atoms with Gasteiger partial charge in [-0.2, -0.15) is 0 Å². The van der Waals surface area contributed by atoms with Crippen molar-refractivity contribution in [3.05, 3.63) is 95.3 Å². The van der Waals surface area contributed by atoms with E-state index in [-0.39, 0.29) is 12.0 Å². The smallest absolute Gasteiger partial charge is 0.141 e. The topological polar surface area (TPSA) is 58.5 Å². The van der Waals surface area contributed by atoms with Gasteiger partial charge in [0.05, 0.1) is 6.17 Å². The van der Waals surface area contributed by atoms with Gasteiger partial charge in [-0.15, -0.1) is 0 Å². The van der Waals surface area contributed by atoms with Crippen LogP contribution in [0.25, 0.3) is 0 Å². The zero-order valence-electron chi connectivity index (χ0n) is 15.2. The molecule has 138 valence electrons. The normalized spacial score (nSPS) is 19.8. The van der Waals surface area contributed by atoms with Gasteiger partial charge < -0.3 is 10.6 Å². The Bertz CT molecular complexity index is 924. The Morgan fingerprint density at radius 1 is 0.926 bits per heavy atom. The summed E-state index contributed by atoms with van der Waals surface area (Å²) in [6.07, 6.45) is -0.862. The lowest BCUT2D eigenvalue weighted by molar-refractivity contribution is 0.121. The monoisotopic (exact) mass is 362 g/mol. The minimum Gasteiger partial charge on any atom is -0.312 e. The van der Waals surface area contributed by atoms with Gasteiger partial charge in [0.2, 0.25) is 0 Å². The maximum atomic E-state index is 14.1. The van der Waals surface area contributed by atoms with Gasteiger partial charge in [-0.1, -0.05) is 48.5 Å². The van der Waals surface area contributed by atoms with Crippen LogP contribution in [0, 0.1) is 12.7 Å². The van der Waals surface area contributed by atoms with Crippen molar-refractivity contribution >= 4 is 11.4 Å². The summed E-state index contributed by atoms with van der Waals surface area (Å²) in [4.78, 5) is 3.98. The fourth-order valence-electron chi connectivity index (χ4n) is 3.73. The molecule has 1 heterocycles. The molecule has 0 radical (unpaired) electrons. The average Bonchev–Trinajstić information content (AvgIpc) is 2.65. The van der Waals surface area contributed by atoms with E-state index in [1.807, 2.05) is 65.3 Å². The highest BCUT2D eigenvalue weighted by atomic mass is 19.1. The van der Waals surface area contributed by atoms with Gasteiger partial charge in [-0.25, -0.2) is 9.29 Å². The van der Waals surface area contributed by atoms with Crippen LogP contribution >= 0.6 is 0 Å². The van der Waals surface area contributed by atoms with Crippen LogP contribution in [0.2, 0.25) is 0 Å². The first-order valence-corrected chi connectivity index (χ1v) is 9.01. The lowest BCUT2D eigenvalue weighted by Crippen LogP contribution is -2.58. The van der Waals surface area contributed by atoms with Crippen LogP contribution in [0.1, 0.15) is 22.9 Å². The van der Waals surface area contributed by atoms with E-state index in [9.17, 15) is 4.39 Å². The van der Waals surface area contributed by atoms with Crippen molar-refractivity contribution < 1.29 is 4.39 Å². The summed E-state index contributed by atoms with van der Waals surface area (Å²) < 4.78 is 14.1. The number of para-hydroxylation sites is 1. The van der Waals surface area contributed by atoms with Gasteiger partial charge in [0.1, 0.15) is 12.1 Å². The van der Waals surface area contributed by atoms with Gasteiger partial charge in [-0.3, -0.25) is 5.73 Å². The molecule has 2 atom stereocenters. The van der Waals surface area contributed by atoms with Crippen LogP contribution in [0.5, 0.6) is 0 Å². The highest BCUT2D eigenvalue weighted by molar-refractivity contribution is 5.69. The zero-order valence-corrected chi connectivity index (χ0v) is 15.2. The Kier molecular flexibility index (Phi) is 4.66. The van der Waals surface area contributed by atoms with Crippen LogP contribution in [0.4, 0.5) is 15.8 Å². The quantitative estimate of drug-likeness (QED) is 0.740. The summed E-state index contributed by atoms with van der Waals surface area (Å²) >= 11 is 0. The van der Waals surface area contributed by atoms with Gasteiger partial charge in [0.25, 0.3) is 0 Å². The van der Waals surface area contributed by atoms with Crippen molar-refractivity contribution in [2.24, 2.45) is 11.5 Å². The molecule has 0 bridgehead atoms. The third-order valence-electron chi connectivity index (χ3n) is 4.99. The van der Waals surface area contributed by atoms with Gasteiger partial charge in [0, 0.05) is 23.5 Å². The summed E-state index contributed by atoms with van der Waals surface area (Å²) in [6, 6.07) is 22.9. The first kappa shape index (κ1) is 17.7. The molecular formula is C22H23FN4. The Morgan fingerprint density at radius 3 is 2.37 bits per heavy atom. The van der Waals surface area contributed by atoms with Crippen molar-refractivity contribution in [2.75, 3.05) is 4.90 Å². The SMILES string of the molecule is Cc1cc(F)cc(N2c3ccccc3C(N)N(Cc3ccccc3)C2N)c1. The van der Waals surface area contributed by atoms with Crippen LogP contribution in [-0.2, 0) is 6.54 Å². The molecule has 4 N–H and O–H groups in total. The number of anilines is 2. The second kappa shape index (κ2) is 7.12. The molecule has 27 heavy (non-hydrogen) atoms. The molecule has 5 heteroatoms. The number of benzene rings is 3. The zero-order chi connectivity index (χ0) is 19.0. The van der Waals surface area contributed by atoms with E-state index in [1.54, 1.807) is 0 Å². The molecule has 0 aliphatic carbocycles. The van der Waals surface area contributed by atoms with E-state index in [0.717, 1.165) is 28.1 Å². The van der Waals surface area contributed by atoms with Crippen molar-refractivity contribution in [3.8, 4) is 0 Å². The summed E-state index contributed by atoms with van der Waals surface area (Å²) in [5, 5.41) is 0. The Hall–Kier alpha value is -2.73. The molecule has 3 aromatic carbocycles. The van der Waals surface area contributed by atoms with Crippen molar-refractivity contribution in [3.63, 3.8) is 0 Å². The predicted molar refractivity (Wildman–Crippen MR) is 107 cm³/mol. The number of fused-ring (bicyclic) bond motifs is 1. The Balaban J connectivity index is 1.81. The number of nitrogens with two attached hydrogens (primary N) is 2. The molecule has 0 saturated heterocycles. The molecule has 0 saturated carbocycles. The van der Waals surface area contributed by atoms with Gasteiger partial charge >= 0.3 is 0 Å². The first-order valence-electron chi connectivity index (χ1n) is 9.01. The number of halogens is 1. The highest BCUT2D eigenvalue weighted by Gasteiger charge is 2.36. The number of rotatable bonds is 3. The van der Waals surface area contributed by atoms with E-state index in [2.05, 4.69) is 12.1 Å². The minimum atomic E-state index is -0.517. The third kappa shape index (κ3) is 3.32. The van der Waals surface area contributed by atoms with Crippen LogP contribution in [-0.4, -0.2) is 11.2 Å². The number of hydrogen-bond donors (Lipinski definition) is 2. The molecule has 0 aromatic heterocycles. The Labute approximate surface area is 158 Å². The van der Waals surface area contributed by atoms with Crippen molar-refractivity contribution in [1.82, 2.24) is 4.90 Å². The third-order valence-corrected chi connectivity index (χ3v) is 4.99. The van der Waals surface area contributed by atoms with Gasteiger partial charge in [-0.05, 0) is 42.3 Å². The van der Waals surface area contributed by atoms with E-state index in [4.69, 9.17) is 11.5 Å².